The van der Waals surface area contributed by atoms with Gasteiger partial charge in [-0.05, 0) is 55.5 Å². The lowest BCUT2D eigenvalue weighted by molar-refractivity contribution is 0.0817. The summed E-state index contributed by atoms with van der Waals surface area (Å²) >= 11 is 0. The average molecular weight is 284 g/mol. The summed E-state index contributed by atoms with van der Waals surface area (Å²) in [7, 11) is 1.54. The molecule has 0 N–H and O–H groups in total. The molecule has 0 aliphatic rings. The number of rotatable bonds is 6. The minimum Gasteiger partial charge on any atom is -0.497 e. The molecule has 108 valence electrons. The Hall–Kier alpha value is -2.62. The first kappa shape index (κ1) is 14.8. The molecule has 0 heterocycles. The summed E-state index contributed by atoms with van der Waals surface area (Å²) < 4.78 is 10.3. The lowest BCUT2D eigenvalue weighted by atomic mass is 10.0. The molecule has 0 radical (unpaired) electrons. The van der Waals surface area contributed by atoms with Crippen LogP contribution in [0.25, 0.3) is 0 Å². The number of hydrogen-bond acceptors (Lipinski definition) is 4. The van der Waals surface area contributed by atoms with Crippen molar-refractivity contribution in [2.24, 2.45) is 0 Å². The van der Waals surface area contributed by atoms with E-state index in [0.29, 0.717) is 29.2 Å². The average Bonchev–Trinajstić information content (AvgIpc) is 2.54. The quantitative estimate of drug-likeness (QED) is 0.604. The van der Waals surface area contributed by atoms with Crippen molar-refractivity contribution in [1.29, 1.82) is 0 Å². The molecule has 0 aromatic heterocycles. The van der Waals surface area contributed by atoms with Crippen LogP contribution in [0, 0.1) is 0 Å². The predicted octanol–water partition coefficient (Wildman–Crippen LogP) is 3.16. The number of hydrogen-bond donors (Lipinski definition) is 0. The van der Waals surface area contributed by atoms with Crippen molar-refractivity contribution in [2.75, 3.05) is 13.7 Å². The van der Waals surface area contributed by atoms with Gasteiger partial charge in [-0.2, -0.15) is 0 Å². The Kier molecular flexibility index (Phi) is 4.72. The van der Waals surface area contributed by atoms with E-state index in [2.05, 4.69) is 0 Å². The van der Waals surface area contributed by atoms with Gasteiger partial charge in [0.1, 0.15) is 11.5 Å². The van der Waals surface area contributed by atoms with E-state index >= 15 is 0 Å². The summed E-state index contributed by atoms with van der Waals surface area (Å²) in [4.78, 5) is 24.3. The minimum atomic E-state index is -0.540. The Morgan fingerprint density at radius 3 is 1.62 bits per heavy atom. The van der Waals surface area contributed by atoms with Crippen molar-refractivity contribution in [3.05, 3.63) is 59.7 Å². The maximum Gasteiger partial charge on any atom is 0.233 e. The fourth-order valence-corrected chi connectivity index (χ4v) is 1.87. The first-order valence-electron chi connectivity index (χ1n) is 6.61. The normalized spacial score (nSPS) is 10.0. The van der Waals surface area contributed by atoms with Crippen LogP contribution < -0.4 is 9.47 Å². The van der Waals surface area contributed by atoms with E-state index in [1.807, 2.05) is 6.92 Å². The Bertz CT molecular complexity index is 627. The zero-order valence-electron chi connectivity index (χ0n) is 12.0. The lowest BCUT2D eigenvalue weighted by Crippen LogP contribution is -2.14. The number of carbonyl (C=O) groups excluding carboxylic acids is 2. The zero-order chi connectivity index (χ0) is 15.2. The van der Waals surface area contributed by atoms with Gasteiger partial charge < -0.3 is 9.47 Å². The van der Waals surface area contributed by atoms with Crippen LogP contribution in [0.5, 0.6) is 11.5 Å². The van der Waals surface area contributed by atoms with Crippen LogP contribution in [0.3, 0.4) is 0 Å². The van der Waals surface area contributed by atoms with E-state index in [-0.39, 0.29) is 0 Å². The van der Waals surface area contributed by atoms with Gasteiger partial charge in [-0.1, -0.05) is 0 Å². The fourth-order valence-electron chi connectivity index (χ4n) is 1.87. The highest BCUT2D eigenvalue weighted by atomic mass is 16.5. The highest BCUT2D eigenvalue weighted by Crippen LogP contribution is 2.16. The highest BCUT2D eigenvalue weighted by Gasteiger charge is 2.18. The molecule has 0 unspecified atom stereocenters. The SMILES string of the molecule is CCOc1ccc(C(=O)C(=O)c2ccc(OC)cc2)cc1. The van der Waals surface area contributed by atoms with Gasteiger partial charge in [0.25, 0.3) is 0 Å². The standard InChI is InChI=1S/C17H16O4/c1-3-21-15-10-6-13(7-11-15)17(19)16(18)12-4-8-14(20-2)9-5-12/h4-11H,3H2,1-2H3. The molecule has 0 spiro atoms. The summed E-state index contributed by atoms with van der Waals surface area (Å²) in [6.45, 7) is 2.43. The van der Waals surface area contributed by atoms with Gasteiger partial charge in [-0.3, -0.25) is 9.59 Å². The highest BCUT2D eigenvalue weighted by molar-refractivity contribution is 6.49. The van der Waals surface area contributed by atoms with E-state index in [1.165, 1.54) is 0 Å². The fraction of sp³-hybridized carbons (Fsp3) is 0.176. The van der Waals surface area contributed by atoms with Crippen LogP contribution in [-0.2, 0) is 0 Å². The molecule has 0 saturated carbocycles. The van der Waals surface area contributed by atoms with Gasteiger partial charge >= 0.3 is 0 Å². The number of benzene rings is 2. The number of carbonyl (C=O) groups is 2. The van der Waals surface area contributed by atoms with E-state index < -0.39 is 11.6 Å². The van der Waals surface area contributed by atoms with Crippen molar-refractivity contribution in [3.8, 4) is 11.5 Å². The Labute approximate surface area is 123 Å². The molecule has 0 saturated heterocycles. The Morgan fingerprint density at radius 2 is 1.24 bits per heavy atom. The summed E-state index contributed by atoms with van der Waals surface area (Å²) in [6, 6.07) is 13.0. The first-order chi connectivity index (χ1) is 10.2. The third kappa shape index (κ3) is 3.48. The maximum absolute atomic E-state index is 12.1. The van der Waals surface area contributed by atoms with Crippen molar-refractivity contribution in [3.63, 3.8) is 0 Å². The van der Waals surface area contributed by atoms with E-state index in [4.69, 9.17) is 9.47 Å². The third-order valence-electron chi connectivity index (χ3n) is 2.99. The minimum absolute atomic E-state index is 0.342. The van der Waals surface area contributed by atoms with Crippen LogP contribution >= 0.6 is 0 Å². The van der Waals surface area contributed by atoms with Crippen molar-refractivity contribution >= 4 is 11.6 Å². The van der Waals surface area contributed by atoms with Gasteiger partial charge in [0.15, 0.2) is 0 Å². The number of ether oxygens (including phenoxy) is 2. The molecule has 0 fully saturated rings. The van der Waals surface area contributed by atoms with Gasteiger partial charge in [0.2, 0.25) is 11.6 Å². The second-order valence-electron chi connectivity index (χ2n) is 4.34. The molecule has 0 aliphatic carbocycles. The van der Waals surface area contributed by atoms with Crippen molar-refractivity contribution in [2.45, 2.75) is 6.92 Å². The molecule has 0 amide bonds. The molecule has 0 atom stereocenters. The Balaban J connectivity index is 2.16. The van der Waals surface area contributed by atoms with Crippen LogP contribution in [0.15, 0.2) is 48.5 Å². The molecular formula is C17H16O4. The number of methoxy groups -OCH3 is 1. The summed E-state index contributed by atoms with van der Waals surface area (Å²) in [5, 5.41) is 0. The van der Waals surface area contributed by atoms with Gasteiger partial charge in [-0.25, -0.2) is 0 Å². The monoisotopic (exact) mass is 284 g/mol. The molecule has 2 rings (SSSR count). The van der Waals surface area contributed by atoms with Gasteiger partial charge in [0, 0.05) is 11.1 Å². The zero-order valence-corrected chi connectivity index (χ0v) is 12.0. The maximum atomic E-state index is 12.1. The van der Waals surface area contributed by atoms with E-state index in [1.54, 1.807) is 55.6 Å². The van der Waals surface area contributed by atoms with Gasteiger partial charge in [-0.15, -0.1) is 0 Å². The molecule has 21 heavy (non-hydrogen) atoms. The molecule has 2 aromatic carbocycles. The van der Waals surface area contributed by atoms with Gasteiger partial charge in [0.05, 0.1) is 13.7 Å². The molecule has 4 heteroatoms. The molecule has 2 aromatic rings. The summed E-state index contributed by atoms with van der Waals surface area (Å²) in [5.74, 6) is 0.232. The second-order valence-corrected chi connectivity index (χ2v) is 4.34. The molecule has 0 aliphatic heterocycles. The first-order valence-corrected chi connectivity index (χ1v) is 6.61. The van der Waals surface area contributed by atoms with E-state index in [0.717, 1.165) is 0 Å². The van der Waals surface area contributed by atoms with Crippen LogP contribution in [-0.4, -0.2) is 25.3 Å². The number of ketones is 2. The van der Waals surface area contributed by atoms with Crippen molar-refractivity contribution in [1.82, 2.24) is 0 Å². The predicted molar refractivity (Wildman–Crippen MR) is 79.3 cm³/mol. The lowest BCUT2D eigenvalue weighted by Gasteiger charge is -2.05. The van der Waals surface area contributed by atoms with E-state index in [9.17, 15) is 9.59 Å². The summed E-state index contributed by atoms with van der Waals surface area (Å²) in [6.07, 6.45) is 0. The molecule has 4 nitrogen and oxygen atoms in total. The molecule has 0 bridgehead atoms. The van der Waals surface area contributed by atoms with Crippen LogP contribution in [0.4, 0.5) is 0 Å². The van der Waals surface area contributed by atoms with Crippen molar-refractivity contribution < 1.29 is 19.1 Å². The largest absolute Gasteiger partial charge is 0.497 e. The summed E-state index contributed by atoms with van der Waals surface area (Å²) in [5.41, 5.74) is 0.689. The van der Waals surface area contributed by atoms with Crippen LogP contribution in [0.1, 0.15) is 27.6 Å². The van der Waals surface area contributed by atoms with Crippen LogP contribution in [0.2, 0.25) is 0 Å². The second kappa shape index (κ2) is 6.70. The molecular weight excluding hydrogens is 268 g/mol. The smallest absolute Gasteiger partial charge is 0.233 e. The Morgan fingerprint density at radius 1 is 0.810 bits per heavy atom. The number of Topliss-reactive ketones (excluding diaryl/α,β-unsaturated/α-hetero) is 2. The topological polar surface area (TPSA) is 52.6 Å². The third-order valence-corrected chi connectivity index (χ3v) is 2.99.